The molecule has 1 radical (unpaired) electrons. The van der Waals surface area contributed by atoms with Crippen molar-refractivity contribution in [2.75, 3.05) is 0 Å². The molecule has 13 heavy (non-hydrogen) atoms. The number of nitrogens with zero attached hydrogens (tertiary/aromatic N) is 1. The van der Waals surface area contributed by atoms with Crippen molar-refractivity contribution in [3.8, 4) is 6.07 Å². The Hall–Kier alpha value is -1.21. The highest BCUT2D eigenvalue weighted by molar-refractivity contribution is 6.30. The molecule has 67 valence electrons. The third-order valence-electron chi connectivity index (χ3n) is 1.34. The average molecular weight is 205 g/mol. The van der Waals surface area contributed by atoms with Gasteiger partial charge < -0.3 is 0 Å². The van der Waals surface area contributed by atoms with Crippen LogP contribution in [-0.2, 0) is 6.18 Å². The molecular formula is C8H2ClF3N. The molecule has 1 aromatic carbocycles. The zero-order chi connectivity index (χ0) is 10.1. The van der Waals surface area contributed by atoms with Crippen LogP contribution in [0.15, 0.2) is 12.1 Å². The summed E-state index contributed by atoms with van der Waals surface area (Å²) in [6, 6.07) is 5.20. The normalized spacial score (nSPS) is 11.0. The molecule has 0 spiro atoms. The predicted octanol–water partition coefficient (Wildman–Crippen LogP) is 3.03. The highest BCUT2D eigenvalue weighted by atomic mass is 35.5. The minimum Gasteiger partial charge on any atom is -0.192 e. The summed E-state index contributed by atoms with van der Waals surface area (Å²) in [4.78, 5) is 0. The van der Waals surface area contributed by atoms with Crippen molar-refractivity contribution in [3.63, 3.8) is 0 Å². The van der Waals surface area contributed by atoms with E-state index in [1.54, 1.807) is 0 Å². The number of halogens is 4. The molecule has 0 atom stereocenters. The van der Waals surface area contributed by atoms with E-state index in [0.29, 0.717) is 6.07 Å². The minimum atomic E-state index is -4.54. The van der Waals surface area contributed by atoms with Crippen LogP contribution in [0.5, 0.6) is 0 Å². The average Bonchev–Trinajstić information content (AvgIpc) is 2.01. The van der Waals surface area contributed by atoms with Gasteiger partial charge in [-0.15, -0.1) is 0 Å². The van der Waals surface area contributed by atoms with Crippen LogP contribution in [0.25, 0.3) is 0 Å². The molecule has 0 aromatic heterocycles. The van der Waals surface area contributed by atoms with E-state index in [1.807, 2.05) is 0 Å². The van der Waals surface area contributed by atoms with Gasteiger partial charge in [0.2, 0.25) is 0 Å². The third kappa shape index (κ3) is 2.13. The van der Waals surface area contributed by atoms with Gasteiger partial charge in [0.25, 0.3) is 0 Å². The molecule has 1 aromatic rings. The lowest BCUT2D eigenvalue weighted by Gasteiger charge is -2.07. The van der Waals surface area contributed by atoms with Crippen molar-refractivity contribution in [1.29, 1.82) is 5.26 Å². The molecule has 0 bridgehead atoms. The number of nitriles is 1. The van der Waals surface area contributed by atoms with Gasteiger partial charge in [0.15, 0.2) is 0 Å². The van der Waals surface area contributed by atoms with Gasteiger partial charge in [0.1, 0.15) is 0 Å². The van der Waals surface area contributed by atoms with Gasteiger partial charge in [-0.1, -0.05) is 11.6 Å². The van der Waals surface area contributed by atoms with Crippen LogP contribution in [0.4, 0.5) is 13.2 Å². The van der Waals surface area contributed by atoms with E-state index in [9.17, 15) is 13.2 Å². The summed E-state index contributed by atoms with van der Waals surface area (Å²) in [5.74, 6) is 0. The molecule has 0 fully saturated rings. The molecule has 0 aliphatic rings. The quantitative estimate of drug-likeness (QED) is 0.637. The smallest absolute Gasteiger partial charge is 0.192 e. The van der Waals surface area contributed by atoms with Gasteiger partial charge in [0, 0.05) is 11.1 Å². The molecule has 0 heterocycles. The summed E-state index contributed by atoms with van der Waals surface area (Å²) in [5.41, 5.74) is -1.50. The second-order valence-electron chi connectivity index (χ2n) is 2.22. The van der Waals surface area contributed by atoms with Crippen molar-refractivity contribution in [3.05, 3.63) is 34.3 Å². The first-order valence-electron chi connectivity index (χ1n) is 3.13. The summed E-state index contributed by atoms with van der Waals surface area (Å²) >= 11 is 5.37. The Labute approximate surface area is 77.4 Å². The highest BCUT2D eigenvalue weighted by Crippen LogP contribution is 2.32. The van der Waals surface area contributed by atoms with E-state index < -0.39 is 17.3 Å². The van der Waals surface area contributed by atoms with Crippen molar-refractivity contribution in [2.45, 2.75) is 6.18 Å². The molecule has 1 rings (SSSR count). The van der Waals surface area contributed by atoms with Crippen LogP contribution >= 0.6 is 11.6 Å². The largest absolute Gasteiger partial charge is 0.417 e. The Morgan fingerprint density at radius 3 is 2.54 bits per heavy atom. The first kappa shape index (κ1) is 9.87. The van der Waals surface area contributed by atoms with E-state index in [0.717, 1.165) is 6.07 Å². The van der Waals surface area contributed by atoms with Gasteiger partial charge in [-0.3, -0.25) is 0 Å². The predicted molar refractivity (Wildman–Crippen MR) is 40.0 cm³/mol. The fourth-order valence-corrected chi connectivity index (χ4v) is 0.956. The van der Waals surface area contributed by atoms with E-state index in [1.165, 1.54) is 6.07 Å². The molecule has 0 N–H and O–H groups in total. The first-order valence-corrected chi connectivity index (χ1v) is 3.51. The Kier molecular flexibility index (Phi) is 2.48. The zero-order valence-corrected chi connectivity index (χ0v) is 6.87. The Morgan fingerprint density at radius 2 is 2.08 bits per heavy atom. The second-order valence-corrected chi connectivity index (χ2v) is 2.63. The summed E-state index contributed by atoms with van der Waals surface area (Å²) < 4.78 is 36.5. The lowest BCUT2D eigenvalue weighted by Crippen LogP contribution is -2.07. The first-order chi connectivity index (χ1) is 5.95. The van der Waals surface area contributed by atoms with E-state index >= 15 is 0 Å². The number of benzene rings is 1. The van der Waals surface area contributed by atoms with Crippen molar-refractivity contribution < 1.29 is 13.2 Å². The Morgan fingerprint density at radius 1 is 1.46 bits per heavy atom. The van der Waals surface area contributed by atoms with Crippen molar-refractivity contribution in [1.82, 2.24) is 0 Å². The van der Waals surface area contributed by atoms with Crippen LogP contribution in [0.1, 0.15) is 11.1 Å². The van der Waals surface area contributed by atoms with Gasteiger partial charge >= 0.3 is 6.18 Å². The topological polar surface area (TPSA) is 23.8 Å². The fourth-order valence-electron chi connectivity index (χ4n) is 0.792. The summed E-state index contributed by atoms with van der Waals surface area (Å²) in [6.07, 6.45) is -4.54. The van der Waals surface area contributed by atoms with Crippen LogP contribution in [0, 0.1) is 17.4 Å². The van der Waals surface area contributed by atoms with E-state index in [-0.39, 0.29) is 5.02 Å². The third-order valence-corrected chi connectivity index (χ3v) is 1.56. The zero-order valence-electron chi connectivity index (χ0n) is 6.11. The number of hydrogen-bond donors (Lipinski definition) is 0. The minimum absolute atomic E-state index is 0.00968. The molecule has 0 saturated heterocycles. The number of hydrogen-bond acceptors (Lipinski definition) is 1. The van der Waals surface area contributed by atoms with E-state index in [4.69, 9.17) is 16.9 Å². The number of rotatable bonds is 0. The van der Waals surface area contributed by atoms with Crippen molar-refractivity contribution >= 4 is 11.6 Å². The fraction of sp³-hybridized carbons (Fsp3) is 0.125. The lowest BCUT2D eigenvalue weighted by atomic mass is 10.1. The van der Waals surface area contributed by atoms with Gasteiger partial charge in [-0.2, -0.15) is 18.4 Å². The van der Waals surface area contributed by atoms with E-state index in [2.05, 4.69) is 6.07 Å². The molecule has 0 unspecified atom stereocenters. The van der Waals surface area contributed by atoms with Crippen LogP contribution in [0.3, 0.4) is 0 Å². The molecule has 1 nitrogen and oxygen atoms in total. The summed E-state index contributed by atoms with van der Waals surface area (Å²) in [5, 5.41) is 8.37. The number of alkyl halides is 3. The maximum Gasteiger partial charge on any atom is 0.417 e. The SMILES string of the molecule is N#Cc1cc(Cl)[c]cc1C(F)(F)F. The molecule has 0 aliphatic heterocycles. The Balaban J connectivity index is 3.32. The van der Waals surface area contributed by atoms with Crippen LogP contribution in [-0.4, -0.2) is 0 Å². The van der Waals surface area contributed by atoms with Gasteiger partial charge in [-0.05, 0) is 12.1 Å². The van der Waals surface area contributed by atoms with Crippen LogP contribution < -0.4 is 0 Å². The van der Waals surface area contributed by atoms with Gasteiger partial charge in [-0.25, -0.2) is 0 Å². The molecule has 0 saturated carbocycles. The maximum atomic E-state index is 12.2. The molecule has 5 heteroatoms. The molecule has 0 aliphatic carbocycles. The van der Waals surface area contributed by atoms with Gasteiger partial charge in [0.05, 0.1) is 17.2 Å². The monoisotopic (exact) mass is 204 g/mol. The lowest BCUT2D eigenvalue weighted by molar-refractivity contribution is -0.137. The van der Waals surface area contributed by atoms with Crippen LogP contribution in [0.2, 0.25) is 5.02 Å². The Bertz CT molecular complexity index is 365. The summed E-state index contributed by atoms with van der Waals surface area (Å²) in [6.45, 7) is 0. The molecule has 0 amide bonds. The molecular weight excluding hydrogens is 203 g/mol. The summed E-state index contributed by atoms with van der Waals surface area (Å²) in [7, 11) is 0. The maximum absolute atomic E-state index is 12.2. The highest BCUT2D eigenvalue weighted by Gasteiger charge is 2.33. The second kappa shape index (κ2) is 3.27. The standard InChI is InChI=1S/C8H2ClF3N/c9-6-1-2-7(8(10,11)12)5(3-6)4-13/h2-3H. The van der Waals surface area contributed by atoms with Crippen molar-refractivity contribution in [2.24, 2.45) is 0 Å².